The maximum atomic E-state index is 9.47. The molecular weight excluding hydrogens is 238 g/mol. The molecule has 5 N–H and O–H groups in total. The third-order valence-corrected chi connectivity index (χ3v) is 2.44. The Bertz CT molecular complexity index is 396. The van der Waals surface area contributed by atoms with Crippen molar-refractivity contribution in [1.29, 1.82) is 0 Å². The first-order valence-electron chi connectivity index (χ1n) is 5.49. The van der Waals surface area contributed by atoms with Crippen molar-refractivity contribution in [1.82, 2.24) is 0 Å². The number of phenolic OH excluding ortho intramolecular Hbond substituents is 1. The molecule has 6 heteroatoms. The molecule has 0 heterocycles. The first kappa shape index (κ1) is 14.6. The van der Waals surface area contributed by atoms with Crippen LogP contribution in [0.5, 0.6) is 5.75 Å². The highest BCUT2D eigenvalue weighted by Gasteiger charge is 2.23. The number of hydrogen-bond acceptors (Lipinski definition) is 6. The van der Waals surface area contributed by atoms with E-state index in [1.165, 1.54) is 12.3 Å². The van der Waals surface area contributed by atoms with E-state index in [-0.39, 0.29) is 12.3 Å². The third kappa shape index (κ3) is 4.08. The monoisotopic (exact) mass is 255 g/mol. The smallest absolute Gasteiger partial charge is 0.124 e. The minimum atomic E-state index is -1.46. The standard InChI is InChI=1S/C12H17NO5/c14-7-11(17)12(18)10(16)6-13-5-8-3-1-2-4-9(8)15/h1-5,10-12,14-18H,6-7H2. The summed E-state index contributed by atoms with van der Waals surface area (Å²) in [6.45, 7) is -0.784. The van der Waals surface area contributed by atoms with Crippen LogP contribution in [0.15, 0.2) is 29.3 Å². The van der Waals surface area contributed by atoms with Gasteiger partial charge >= 0.3 is 0 Å². The molecule has 18 heavy (non-hydrogen) atoms. The molecule has 0 saturated heterocycles. The van der Waals surface area contributed by atoms with Crippen molar-refractivity contribution in [2.45, 2.75) is 18.3 Å². The normalized spacial score (nSPS) is 16.7. The van der Waals surface area contributed by atoms with Gasteiger partial charge in [-0.1, -0.05) is 12.1 Å². The Hall–Kier alpha value is -1.47. The number of para-hydroxylation sites is 1. The van der Waals surface area contributed by atoms with Gasteiger partial charge in [-0.3, -0.25) is 4.99 Å². The number of benzene rings is 1. The van der Waals surface area contributed by atoms with E-state index in [1.54, 1.807) is 18.2 Å². The Balaban J connectivity index is 2.52. The van der Waals surface area contributed by atoms with Gasteiger partial charge in [0, 0.05) is 11.8 Å². The third-order valence-electron chi connectivity index (χ3n) is 2.44. The minimum Gasteiger partial charge on any atom is -0.507 e. The quantitative estimate of drug-likeness (QED) is 0.413. The Kier molecular flexibility index (Phi) is 5.73. The Morgan fingerprint density at radius 2 is 1.78 bits per heavy atom. The van der Waals surface area contributed by atoms with Crippen LogP contribution in [0.3, 0.4) is 0 Å². The second-order valence-corrected chi connectivity index (χ2v) is 3.86. The van der Waals surface area contributed by atoms with E-state index in [9.17, 15) is 15.3 Å². The summed E-state index contributed by atoms with van der Waals surface area (Å²) in [5.74, 6) is 0.0617. The highest BCUT2D eigenvalue weighted by molar-refractivity contribution is 5.83. The number of aliphatic hydroxyl groups excluding tert-OH is 4. The average molecular weight is 255 g/mol. The zero-order valence-corrected chi connectivity index (χ0v) is 9.72. The molecule has 3 unspecified atom stereocenters. The molecule has 0 aliphatic heterocycles. The first-order valence-corrected chi connectivity index (χ1v) is 5.49. The van der Waals surface area contributed by atoms with Gasteiger partial charge in [0.15, 0.2) is 0 Å². The van der Waals surface area contributed by atoms with E-state index in [2.05, 4.69) is 4.99 Å². The fraction of sp³-hybridized carbons (Fsp3) is 0.417. The Morgan fingerprint density at radius 1 is 1.11 bits per heavy atom. The van der Waals surface area contributed by atoms with Crippen molar-refractivity contribution in [3.05, 3.63) is 29.8 Å². The number of nitrogens with zero attached hydrogens (tertiary/aromatic N) is 1. The van der Waals surface area contributed by atoms with Crippen molar-refractivity contribution in [2.75, 3.05) is 13.2 Å². The van der Waals surface area contributed by atoms with Gasteiger partial charge in [0.25, 0.3) is 0 Å². The lowest BCUT2D eigenvalue weighted by molar-refractivity contribution is -0.0725. The summed E-state index contributed by atoms with van der Waals surface area (Å²) in [4.78, 5) is 3.85. The topological polar surface area (TPSA) is 114 Å². The zero-order chi connectivity index (χ0) is 13.5. The predicted octanol–water partition coefficient (Wildman–Crippen LogP) is -1.11. The van der Waals surface area contributed by atoms with Gasteiger partial charge in [-0.25, -0.2) is 0 Å². The van der Waals surface area contributed by atoms with Crippen molar-refractivity contribution < 1.29 is 25.5 Å². The SMILES string of the molecule is OCC(O)C(O)C(O)CN=Cc1ccccc1O. The second kappa shape index (κ2) is 7.07. The lowest BCUT2D eigenvalue weighted by Gasteiger charge is -2.19. The second-order valence-electron chi connectivity index (χ2n) is 3.86. The Labute approximate surface area is 104 Å². The van der Waals surface area contributed by atoms with Crippen molar-refractivity contribution >= 4 is 6.21 Å². The van der Waals surface area contributed by atoms with E-state index in [1.807, 2.05) is 0 Å². The summed E-state index contributed by atoms with van der Waals surface area (Å²) >= 11 is 0. The summed E-state index contributed by atoms with van der Waals surface area (Å²) in [6, 6.07) is 6.54. The van der Waals surface area contributed by atoms with E-state index < -0.39 is 24.9 Å². The van der Waals surface area contributed by atoms with Gasteiger partial charge in [0.05, 0.1) is 13.2 Å². The molecule has 6 nitrogen and oxygen atoms in total. The maximum absolute atomic E-state index is 9.47. The van der Waals surface area contributed by atoms with E-state index in [0.717, 1.165) is 0 Å². The molecule has 3 atom stereocenters. The van der Waals surface area contributed by atoms with Gasteiger partial charge in [-0.2, -0.15) is 0 Å². The summed E-state index contributed by atoms with van der Waals surface area (Å²) in [5.41, 5.74) is 0.488. The summed E-state index contributed by atoms with van der Waals surface area (Å²) in [5, 5.41) is 46.0. The average Bonchev–Trinajstić information content (AvgIpc) is 2.39. The molecule has 0 aromatic heterocycles. The van der Waals surface area contributed by atoms with Crippen LogP contribution in [0.25, 0.3) is 0 Å². The van der Waals surface area contributed by atoms with Crippen LogP contribution < -0.4 is 0 Å². The van der Waals surface area contributed by atoms with Crippen LogP contribution in [0.1, 0.15) is 5.56 Å². The zero-order valence-electron chi connectivity index (χ0n) is 9.72. The molecular formula is C12H17NO5. The first-order chi connectivity index (χ1) is 8.56. The molecule has 0 spiro atoms. The number of rotatable bonds is 6. The number of aliphatic hydroxyl groups is 4. The van der Waals surface area contributed by atoms with Crippen molar-refractivity contribution in [3.63, 3.8) is 0 Å². The van der Waals surface area contributed by atoms with Crippen LogP contribution in [-0.2, 0) is 0 Å². The van der Waals surface area contributed by atoms with Crippen LogP contribution >= 0.6 is 0 Å². The van der Waals surface area contributed by atoms with E-state index in [0.29, 0.717) is 5.56 Å². The molecule has 0 aliphatic carbocycles. The van der Waals surface area contributed by atoms with Gasteiger partial charge in [0.2, 0.25) is 0 Å². The van der Waals surface area contributed by atoms with E-state index in [4.69, 9.17) is 10.2 Å². The molecule has 0 saturated carbocycles. The molecule has 0 bridgehead atoms. The molecule has 100 valence electrons. The molecule has 0 aliphatic rings. The number of aliphatic imine (C=N–C) groups is 1. The van der Waals surface area contributed by atoms with Gasteiger partial charge < -0.3 is 25.5 Å². The maximum Gasteiger partial charge on any atom is 0.124 e. The van der Waals surface area contributed by atoms with Crippen molar-refractivity contribution in [3.8, 4) is 5.75 Å². The predicted molar refractivity (Wildman–Crippen MR) is 65.7 cm³/mol. The van der Waals surface area contributed by atoms with E-state index >= 15 is 0 Å². The van der Waals surface area contributed by atoms with Crippen molar-refractivity contribution in [2.24, 2.45) is 4.99 Å². The molecule has 1 aromatic carbocycles. The van der Waals surface area contributed by atoms with Crippen LogP contribution in [0, 0.1) is 0 Å². The number of hydrogen-bond donors (Lipinski definition) is 5. The largest absolute Gasteiger partial charge is 0.507 e. The van der Waals surface area contributed by atoms with Crippen LogP contribution in [-0.4, -0.2) is 63.2 Å². The fourth-order valence-electron chi connectivity index (χ4n) is 1.33. The highest BCUT2D eigenvalue weighted by Crippen LogP contribution is 2.12. The number of phenols is 1. The van der Waals surface area contributed by atoms with Crippen LogP contribution in [0.4, 0.5) is 0 Å². The minimum absolute atomic E-state index is 0.0617. The summed E-state index contributed by atoms with van der Waals surface area (Å²) < 4.78 is 0. The van der Waals surface area contributed by atoms with Crippen LogP contribution in [0.2, 0.25) is 0 Å². The lowest BCUT2D eigenvalue weighted by Crippen LogP contribution is -2.41. The van der Waals surface area contributed by atoms with Gasteiger partial charge in [0.1, 0.15) is 24.1 Å². The fourth-order valence-corrected chi connectivity index (χ4v) is 1.33. The molecule has 1 aromatic rings. The molecule has 0 fully saturated rings. The summed E-state index contributed by atoms with van der Waals surface area (Å²) in [6.07, 6.45) is -2.79. The number of aromatic hydroxyl groups is 1. The highest BCUT2D eigenvalue weighted by atomic mass is 16.4. The Morgan fingerprint density at radius 3 is 2.39 bits per heavy atom. The summed E-state index contributed by atoms with van der Waals surface area (Å²) in [7, 11) is 0. The lowest BCUT2D eigenvalue weighted by atomic mass is 10.1. The van der Waals surface area contributed by atoms with Gasteiger partial charge in [-0.05, 0) is 12.1 Å². The molecule has 0 radical (unpaired) electrons. The molecule has 1 rings (SSSR count). The molecule has 0 amide bonds. The van der Waals surface area contributed by atoms with Gasteiger partial charge in [-0.15, -0.1) is 0 Å².